The number of halogens is 1. The Balaban J connectivity index is 2.28. The number of nitrogens with one attached hydrogen (secondary N) is 2. The van der Waals surface area contributed by atoms with Crippen LogP contribution in [-0.2, 0) is 9.53 Å². The minimum Gasteiger partial charge on any atom is -0.465 e. The number of benzene rings is 1. The Morgan fingerprint density at radius 3 is 2.67 bits per heavy atom. The molecule has 1 saturated heterocycles. The fourth-order valence-corrected chi connectivity index (χ4v) is 2.33. The molecule has 6 heteroatoms. The van der Waals surface area contributed by atoms with Crippen molar-refractivity contribution in [2.24, 2.45) is 5.92 Å². The standard InChI is InChI=1S/C15H17ClN2O3/c1-3-8-21-14(19)12-9(2)17-15(20)18-13(12)10-4-6-11(16)7-5-10/h4-7,12-13H,2-3,8H2,1H3,(H2,17,18,20)/t12-,13+/m0/s1. The summed E-state index contributed by atoms with van der Waals surface area (Å²) >= 11 is 5.87. The van der Waals surface area contributed by atoms with Gasteiger partial charge in [0.25, 0.3) is 0 Å². The number of amides is 2. The molecule has 0 bridgehead atoms. The van der Waals surface area contributed by atoms with Crippen LogP contribution < -0.4 is 10.6 Å². The number of carbonyl (C=O) groups excluding carboxylic acids is 2. The minimum atomic E-state index is -0.671. The second-order valence-corrected chi connectivity index (χ2v) is 5.23. The fraction of sp³-hybridized carbons (Fsp3) is 0.333. The van der Waals surface area contributed by atoms with Gasteiger partial charge >= 0.3 is 12.0 Å². The van der Waals surface area contributed by atoms with Gasteiger partial charge in [-0.25, -0.2) is 4.79 Å². The highest BCUT2D eigenvalue weighted by Gasteiger charge is 2.38. The SMILES string of the molecule is C=C1NC(=O)N[C@H](c2ccc(Cl)cc2)[C@H]1C(=O)OCCC. The van der Waals surface area contributed by atoms with E-state index in [4.69, 9.17) is 16.3 Å². The number of carbonyl (C=O) groups is 2. The van der Waals surface area contributed by atoms with Gasteiger partial charge in [0.1, 0.15) is 5.92 Å². The number of rotatable bonds is 4. The first kappa shape index (κ1) is 15.4. The molecule has 1 aromatic carbocycles. The summed E-state index contributed by atoms with van der Waals surface area (Å²) < 4.78 is 5.19. The van der Waals surface area contributed by atoms with Gasteiger partial charge in [0.05, 0.1) is 12.6 Å². The van der Waals surface area contributed by atoms with E-state index >= 15 is 0 Å². The van der Waals surface area contributed by atoms with E-state index in [2.05, 4.69) is 17.2 Å². The van der Waals surface area contributed by atoms with Crippen LogP contribution >= 0.6 is 11.6 Å². The molecule has 2 amide bonds. The van der Waals surface area contributed by atoms with Crippen LogP contribution in [0.25, 0.3) is 0 Å². The predicted octanol–water partition coefficient (Wildman–Crippen LogP) is 2.78. The van der Waals surface area contributed by atoms with Gasteiger partial charge in [-0.15, -0.1) is 0 Å². The first-order valence-corrected chi connectivity index (χ1v) is 7.09. The molecule has 0 aliphatic carbocycles. The Morgan fingerprint density at radius 1 is 1.38 bits per heavy atom. The monoisotopic (exact) mass is 308 g/mol. The van der Waals surface area contributed by atoms with E-state index in [1.165, 1.54) is 0 Å². The predicted molar refractivity (Wildman–Crippen MR) is 79.7 cm³/mol. The summed E-state index contributed by atoms with van der Waals surface area (Å²) in [4.78, 5) is 23.9. The van der Waals surface area contributed by atoms with E-state index in [-0.39, 0.29) is 6.03 Å². The largest absolute Gasteiger partial charge is 0.465 e. The second-order valence-electron chi connectivity index (χ2n) is 4.80. The quantitative estimate of drug-likeness (QED) is 0.840. The summed E-state index contributed by atoms with van der Waals surface area (Å²) in [7, 11) is 0. The number of urea groups is 1. The average molecular weight is 309 g/mol. The molecule has 5 nitrogen and oxygen atoms in total. The highest BCUT2D eigenvalue weighted by atomic mass is 35.5. The molecule has 1 heterocycles. The molecule has 2 atom stereocenters. The normalized spacial score (nSPS) is 21.4. The van der Waals surface area contributed by atoms with Gasteiger partial charge in [0.15, 0.2) is 0 Å². The van der Waals surface area contributed by atoms with Crippen molar-refractivity contribution in [2.75, 3.05) is 6.61 Å². The molecular formula is C15H17ClN2O3. The molecule has 0 saturated carbocycles. The van der Waals surface area contributed by atoms with Gasteiger partial charge in [-0.3, -0.25) is 4.79 Å². The van der Waals surface area contributed by atoms with Crippen molar-refractivity contribution < 1.29 is 14.3 Å². The van der Waals surface area contributed by atoms with Crippen LogP contribution in [0.5, 0.6) is 0 Å². The van der Waals surface area contributed by atoms with Crippen LogP contribution in [0.4, 0.5) is 4.79 Å². The Morgan fingerprint density at radius 2 is 2.05 bits per heavy atom. The van der Waals surface area contributed by atoms with Gasteiger partial charge in [-0.2, -0.15) is 0 Å². The lowest BCUT2D eigenvalue weighted by Crippen LogP contribution is -2.51. The number of hydrogen-bond acceptors (Lipinski definition) is 3. The van der Waals surface area contributed by atoms with Gasteiger partial charge in [-0.1, -0.05) is 37.2 Å². The van der Waals surface area contributed by atoms with Crippen molar-refractivity contribution >= 4 is 23.6 Å². The third kappa shape index (κ3) is 3.55. The lowest BCUT2D eigenvalue weighted by Gasteiger charge is -2.33. The Hall–Kier alpha value is -2.01. The van der Waals surface area contributed by atoms with Crippen molar-refractivity contribution in [1.29, 1.82) is 0 Å². The Labute approximate surface area is 128 Å². The maximum atomic E-state index is 12.2. The molecule has 1 fully saturated rings. The molecule has 2 rings (SSSR count). The van der Waals surface area contributed by atoms with Crippen molar-refractivity contribution in [3.8, 4) is 0 Å². The molecular weight excluding hydrogens is 292 g/mol. The van der Waals surface area contributed by atoms with Crippen LogP contribution in [0.1, 0.15) is 24.9 Å². The third-order valence-corrected chi connectivity index (χ3v) is 3.45. The van der Waals surface area contributed by atoms with Crippen molar-refractivity contribution in [3.05, 3.63) is 47.1 Å². The van der Waals surface area contributed by atoms with E-state index in [1.54, 1.807) is 24.3 Å². The smallest absolute Gasteiger partial charge is 0.319 e. The highest BCUT2D eigenvalue weighted by Crippen LogP contribution is 2.31. The zero-order valence-corrected chi connectivity index (χ0v) is 12.4. The van der Waals surface area contributed by atoms with Gasteiger partial charge < -0.3 is 15.4 Å². The minimum absolute atomic E-state index is 0.333. The van der Waals surface area contributed by atoms with Crippen molar-refractivity contribution in [2.45, 2.75) is 19.4 Å². The summed E-state index contributed by atoms with van der Waals surface area (Å²) in [6.07, 6.45) is 0.732. The second kappa shape index (κ2) is 6.63. The molecule has 1 aliphatic heterocycles. The lowest BCUT2D eigenvalue weighted by molar-refractivity contribution is -0.148. The molecule has 112 valence electrons. The highest BCUT2D eigenvalue weighted by molar-refractivity contribution is 6.30. The molecule has 0 radical (unpaired) electrons. The maximum absolute atomic E-state index is 12.2. The number of hydrogen-bond donors (Lipinski definition) is 2. The summed E-state index contributed by atoms with van der Waals surface area (Å²) in [5, 5.41) is 5.85. The van der Waals surface area contributed by atoms with Crippen LogP contribution in [0.2, 0.25) is 5.02 Å². The van der Waals surface area contributed by atoms with Crippen LogP contribution in [0.3, 0.4) is 0 Å². The molecule has 1 aromatic rings. The number of ether oxygens (including phenoxy) is 1. The average Bonchev–Trinajstić information content (AvgIpc) is 2.44. The maximum Gasteiger partial charge on any atom is 0.319 e. The zero-order valence-electron chi connectivity index (χ0n) is 11.7. The molecule has 0 aromatic heterocycles. The first-order valence-electron chi connectivity index (χ1n) is 6.71. The van der Waals surface area contributed by atoms with Crippen LogP contribution in [0, 0.1) is 5.92 Å². The van der Waals surface area contributed by atoms with Gasteiger partial charge in [0.2, 0.25) is 0 Å². The summed E-state index contributed by atoms with van der Waals surface area (Å²) in [5.41, 5.74) is 1.11. The van der Waals surface area contributed by atoms with E-state index in [0.29, 0.717) is 17.3 Å². The van der Waals surface area contributed by atoms with Gasteiger partial charge in [-0.05, 0) is 24.1 Å². The number of esters is 1. The first-order chi connectivity index (χ1) is 10.0. The molecule has 2 N–H and O–H groups in total. The third-order valence-electron chi connectivity index (χ3n) is 3.20. The van der Waals surface area contributed by atoms with E-state index in [1.807, 2.05) is 6.92 Å². The zero-order chi connectivity index (χ0) is 15.4. The van der Waals surface area contributed by atoms with E-state index in [9.17, 15) is 9.59 Å². The summed E-state index contributed by atoms with van der Waals surface area (Å²) in [5.74, 6) is -1.08. The van der Waals surface area contributed by atoms with Crippen LogP contribution in [0.15, 0.2) is 36.5 Å². The van der Waals surface area contributed by atoms with E-state index in [0.717, 1.165) is 12.0 Å². The molecule has 21 heavy (non-hydrogen) atoms. The van der Waals surface area contributed by atoms with Gasteiger partial charge in [0, 0.05) is 10.7 Å². The van der Waals surface area contributed by atoms with E-state index < -0.39 is 17.9 Å². The Bertz CT molecular complexity index is 557. The topological polar surface area (TPSA) is 67.4 Å². The lowest BCUT2D eigenvalue weighted by atomic mass is 9.89. The van der Waals surface area contributed by atoms with Crippen LogP contribution in [-0.4, -0.2) is 18.6 Å². The summed E-state index contributed by atoms with van der Waals surface area (Å²) in [6, 6.07) is 6.05. The van der Waals surface area contributed by atoms with Crippen molar-refractivity contribution in [3.63, 3.8) is 0 Å². The summed E-state index contributed by atoms with van der Waals surface area (Å²) in [6.45, 7) is 6.02. The fourth-order valence-electron chi connectivity index (χ4n) is 2.20. The molecule has 0 unspecified atom stereocenters. The molecule has 0 spiro atoms. The molecule has 1 aliphatic rings. The Kier molecular flexibility index (Phi) is 4.85. The van der Waals surface area contributed by atoms with Crippen molar-refractivity contribution in [1.82, 2.24) is 10.6 Å².